The van der Waals surface area contributed by atoms with Crippen molar-refractivity contribution >= 4 is 0 Å². The molecule has 1 heteroatoms. The van der Waals surface area contributed by atoms with Crippen molar-refractivity contribution in [3.8, 4) is 0 Å². The van der Waals surface area contributed by atoms with E-state index in [-0.39, 0.29) is 0 Å². The normalized spacial score (nSPS) is 12.9. The summed E-state index contributed by atoms with van der Waals surface area (Å²) in [5.74, 6) is 0.791. The first-order valence-electron chi connectivity index (χ1n) is 5.50. The zero-order valence-corrected chi connectivity index (χ0v) is 10.4. The van der Waals surface area contributed by atoms with E-state index in [0.717, 1.165) is 5.92 Å². The van der Waals surface area contributed by atoms with E-state index in [9.17, 15) is 0 Å². The van der Waals surface area contributed by atoms with E-state index in [1.54, 1.807) is 0 Å². The molecule has 0 fully saturated rings. The van der Waals surface area contributed by atoms with Gasteiger partial charge < -0.3 is 4.90 Å². The molecule has 0 spiro atoms. The molecule has 0 heterocycles. The Kier molecular flexibility index (Phi) is 5.62. The molecule has 0 saturated heterocycles. The van der Waals surface area contributed by atoms with Gasteiger partial charge in [-0.2, -0.15) is 0 Å². The van der Waals surface area contributed by atoms with Crippen LogP contribution in [0.15, 0.2) is 0 Å². The molecule has 0 saturated carbocycles. The maximum atomic E-state index is 2.44. The zero-order valence-electron chi connectivity index (χ0n) is 10.4. The predicted molar refractivity (Wildman–Crippen MR) is 61.0 cm³/mol. The molecule has 0 aliphatic carbocycles. The second-order valence-electron chi connectivity index (χ2n) is 5.82. The summed E-state index contributed by atoms with van der Waals surface area (Å²) in [6.45, 7) is 14.0. The van der Waals surface area contributed by atoms with Crippen molar-refractivity contribution in [1.29, 1.82) is 0 Å². The van der Waals surface area contributed by atoms with E-state index in [1.165, 1.54) is 25.9 Å². The van der Waals surface area contributed by atoms with Gasteiger partial charge in [0.25, 0.3) is 0 Å². The fourth-order valence-corrected chi connectivity index (χ4v) is 1.59. The van der Waals surface area contributed by atoms with Crippen molar-refractivity contribution in [1.82, 2.24) is 4.90 Å². The molecule has 80 valence electrons. The van der Waals surface area contributed by atoms with E-state index in [4.69, 9.17) is 0 Å². The Morgan fingerprint density at radius 2 is 1.69 bits per heavy atom. The molecule has 0 aromatic heterocycles. The van der Waals surface area contributed by atoms with E-state index in [2.05, 4.69) is 46.6 Å². The first kappa shape index (κ1) is 13.0. The number of hydrogen-bond acceptors (Lipinski definition) is 1. The van der Waals surface area contributed by atoms with Gasteiger partial charge in [-0.1, -0.05) is 34.6 Å². The van der Waals surface area contributed by atoms with Gasteiger partial charge in [-0.3, -0.25) is 0 Å². The minimum atomic E-state index is 0.499. The highest BCUT2D eigenvalue weighted by Crippen LogP contribution is 2.20. The van der Waals surface area contributed by atoms with Crippen LogP contribution in [0.4, 0.5) is 0 Å². The Morgan fingerprint density at radius 3 is 2.08 bits per heavy atom. The second-order valence-corrected chi connectivity index (χ2v) is 5.82. The summed E-state index contributed by atoms with van der Waals surface area (Å²) in [6, 6.07) is 0. The highest BCUT2D eigenvalue weighted by atomic mass is 15.1. The van der Waals surface area contributed by atoms with Crippen molar-refractivity contribution in [3.05, 3.63) is 0 Å². The fraction of sp³-hybridized carbons (Fsp3) is 1.00. The summed E-state index contributed by atoms with van der Waals surface area (Å²) in [7, 11) is 2.22. The van der Waals surface area contributed by atoms with Gasteiger partial charge in [0.1, 0.15) is 0 Å². The Balaban J connectivity index is 3.42. The minimum absolute atomic E-state index is 0.499. The third kappa shape index (κ3) is 9.88. The number of hydrogen-bond donors (Lipinski definition) is 0. The lowest BCUT2D eigenvalue weighted by atomic mass is 9.90. The average molecular weight is 185 g/mol. The van der Waals surface area contributed by atoms with E-state index in [1.807, 2.05) is 0 Å². The van der Waals surface area contributed by atoms with Crippen molar-refractivity contribution < 1.29 is 0 Å². The monoisotopic (exact) mass is 185 g/mol. The molecule has 1 nitrogen and oxygen atoms in total. The molecule has 0 aliphatic heterocycles. The molecule has 0 atom stereocenters. The molecule has 0 amide bonds. The van der Waals surface area contributed by atoms with Crippen molar-refractivity contribution in [3.63, 3.8) is 0 Å². The SMILES string of the molecule is CC(C)CN(C)CCCC(C)(C)C. The standard InChI is InChI=1S/C12H27N/c1-11(2)10-13(6)9-7-8-12(3,4)5/h11H,7-10H2,1-6H3. The quantitative estimate of drug-likeness (QED) is 0.634. The molecule has 0 aromatic rings. The summed E-state index contributed by atoms with van der Waals surface area (Å²) in [5.41, 5.74) is 0.499. The number of nitrogens with zero attached hydrogens (tertiary/aromatic N) is 1. The second kappa shape index (κ2) is 5.64. The van der Waals surface area contributed by atoms with Crippen LogP contribution in [0.3, 0.4) is 0 Å². The van der Waals surface area contributed by atoms with E-state index >= 15 is 0 Å². The van der Waals surface area contributed by atoms with Gasteiger partial charge in [-0.25, -0.2) is 0 Å². The smallest absolute Gasteiger partial charge is 0.000133 e. The predicted octanol–water partition coefficient (Wildman–Crippen LogP) is 3.40. The zero-order chi connectivity index (χ0) is 10.5. The van der Waals surface area contributed by atoms with Gasteiger partial charge in [0.2, 0.25) is 0 Å². The first-order valence-corrected chi connectivity index (χ1v) is 5.50. The van der Waals surface area contributed by atoms with Crippen LogP contribution in [0.5, 0.6) is 0 Å². The number of rotatable bonds is 5. The molecule has 0 aliphatic rings. The first-order chi connectivity index (χ1) is 5.81. The Bertz CT molecular complexity index is 122. The summed E-state index contributed by atoms with van der Waals surface area (Å²) in [4.78, 5) is 2.44. The third-order valence-corrected chi connectivity index (χ3v) is 2.14. The van der Waals surface area contributed by atoms with Crippen LogP contribution >= 0.6 is 0 Å². The summed E-state index contributed by atoms with van der Waals surface area (Å²) >= 11 is 0. The van der Waals surface area contributed by atoms with E-state index in [0.29, 0.717) is 5.41 Å². The van der Waals surface area contributed by atoms with Gasteiger partial charge in [0, 0.05) is 6.54 Å². The summed E-state index contributed by atoms with van der Waals surface area (Å²) < 4.78 is 0. The van der Waals surface area contributed by atoms with Crippen LogP contribution in [0.2, 0.25) is 0 Å². The molecule has 0 unspecified atom stereocenters. The Labute approximate surface area is 84.5 Å². The largest absolute Gasteiger partial charge is 0.306 e. The van der Waals surface area contributed by atoms with Crippen molar-refractivity contribution in [2.75, 3.05) is 20.1 Å². The molecule has 0 N–H and O–H groups in total. The van der Waals surface area contributed by atoms with E-state index < -0.39 is 0 Å². The molecule has 0 rings (SSSR count). The van der Waals surface area contributed by atoms with Gasteiger partial charge in [-0.05, 0) is 37.8 Å². The highest BCUT2D eigenvalue weighted by Gasteiger charge is 2.10. The summed E-state index contributed by atoms with van der Waals surface area (Å²) in [6.07, 6.45) is 2.65. The van der Waals surface area contributed by atoms with Gasteiger partial charge >= 0.3 is 0 Å². The lowest BCUT2D eigenvalue weighted by Gasteiger charge is -2.22. The van der Waals surface area contributed by atoms with Crippen molar-refractivity contribution in [2.24, 2.45) is 11.3 Å². The Hall–Kier alpha value is -0.0400. The van der Waals surface area contributed by atoms with Gasteiger partial charge in [0.05, 0.1) is 0 Å². The molecular formula is C12H27N. The van der Waals surface area contributed by atoms with Crippen molar-refractivity contribution in [2.45, 2.75) is 47.5 Å². The van der Waals surface area contributed by atoms with Gasteiger partial charge in [0.15, 0.2) is 0 Å². The van der Waals surface area contributed by atoms with Gasteiger partial charge in [-0.15, -0.1) is 0 Å². The average Bonchev–Trinajstić information content (AvgIpc) is 1.81. The Morgan fingerprint density at radius 1 is 1.15 bits per heavy atom. The summed E-state index contributed by atoms with van der Waals surface area (Å²) in [5, 5.41) is 0. The van der Waals surface area contributed by atoms with Crippen LogP contribution in [-0.2, 0) is 0 Å². The maximum absolute atomic E-state index is 2.44. The van der Waals surface area contributed by atoms with Crippen LogP contribution in [0.25, 0.3) is 0 Å². The molecule has 0 radical (unpaired) electrons. The molecular weight excluding hydrogens is 158 g/mol. The molecule has 13 heavy (non-hydrogen) atoms. The minimum Gasteiger partial charge on any atom is -0.306 e. The molecule has 0 aromatic carbocycles. The lowest BCUT2D eigenvalue weighted by Crippen LogP contribution is -2.25. The highest BCUT2D eigenvalue weighted by molar-refractivity contribution is 4.63. The molecule has 0 bridgehead atoms. The van der Waals surface area contributed by atoms with Crippen LogP contribution in [0.1, 0.15) is 47.5 Å². The topological polar surface area (TPSA) is 3.24 Å². The lowest BCUT2D eigenvalue weighted by molar-refractivity contribution is 0.265. The maximum Gasteiger partial charge on any atom is 0.000133 e. The van der Waals surface area contributed by atoms with Crippen LogP contribution in [0, 0.1) is 11.3 Å². The van der Waals surface area contributed by atoms with Crippen LogP contribution in [-0.4, -0.2) is 25.0 Å². The fourth-order valence-electron chi connectivity index (χ4n) is 1.59. The van der Waals surface area contributed by atoms with Crippen LogP contribution < -0.4 is 0 Å². The third-order valence-electron chi connectivity index (χ3n) is 2.14.